The number of carbonyl (C=O) groups excluding carboxylic acids is 1. The van der Waals surface area contributed by atoms with Crippen LogP contribution in [0.4, 0.5) is 0 Å². The van der Waals surface area contributed by atoms with Gasteiger partial charge in [-0.25, -0.2) is 4.68 Å². The molecule has 1 aromatic carbocycles. The van der Waals surface area contributed by atoms with Crippen LogP contribution in [0.1, 0.15) is 35.9 Å². The number of amides is 1. The van der Waals surface area contributed by atoms with Gasteiger partial charge in [0.1, 0.15) is 12.4 Å². The fraction of sp³-hybridized carbons (Fsp3) is 0.500. The Morgan fingerprint density at radius 1 is 1.43 bits per heavy atom. The maximum atomic E-state index is 12.6. The number of ether oxygens (including phenoxy) is 1. The largest absolute Gasteiger partial charge is 0.486 e. The van der Waals surface area contributed by atoms with Crippen LogP contribution in [0.15, 0.2) is 24.3 Å². The predicted octanol–water partition coefficient (Wildman–Crippen LogP) is 1.66. The van der Waals surface area contributed by atoms with E-state index >= 15 is 0 Å². The zero-order chi connectivity index (χ0) is 16.2. The minimum absolute atomic E-state index is 0.0716. The number of nitrogens with zero attached hydrogens (tertiary/aromatic N) is 5. The second-order valence-electron chi connectivity index (χ2n) is 6.03. The van der Waals surface area contributed by atoms with Gasteiger partial charge in [0.15, 0.2) is 5.82 Å². The van der Waals surface area contributed by atoms with Gasteiger partial charge < -0.3 is 9.64 Å². The zero-order valence-corrected chi connectivity index (χ0v) is 13.5. The molecule has 2 heterocycles. The van der Waals surface area contributed by atoms with Crippen molar-refractivity contribution in [1.29, 1.82) is 0 Å². The lowest BCUT2D eigenvalue weighted by molar-refractivity contribution is 0.0682. The van der Waals surface area contributed by atoms with Gasteiger partial charge in [-0.15, -0.1) is 5.10 Å². The molecule has 122 valence electrons. The average Bonchev–Trinajstić information content (AvgIpc) is 2.97. The van der Waals surface area contributed by atoms with Gasteiger partial charge in [-0.05, 0) is 47.4 Å². The number of carbonyl (C=O) groups is 1. The third-order valence-corrected chi connectivity index (χ3v) is 4.10. The van der Waals surface area contributed by atoms with Crippen LogP contribution in [0.2, 0.25) is 0 Å². The third-order valence-electron chi connectivity index (χ3n) is 4.10. The molecule has 7 heteroatoms. The summed E-state index contributed by atoms with van der Waals surface area (Å²) in [7, 11) is 1.76. The summed E-state index contributed by atoms with van der Waals surface area (Å²) < 4.78 is 7.26. The quantitative estimate of drug-likeness (QED) is 0.858. The number of hydrogen-bond acceptors (Lipinski definition) is 5. The van der Waals surface area contributed by atoms with E-state index in [0.717, 1.165) is 19.5 Å². The van der Waals surface area contributed by atoms with E-state index in [1.807, 2.05) is 23.1 Å². The number of benzene rings is 1. The van der Waals surface area contributed by atoms with Gasteiger partial charge in [0.05, 0.1) is 0 Å². The summed E-state index contributed by atoms with van der Waals surface area (Å²) in [6, 6.07) is 7.29. The molecule has 1 amide bonds. The Bertz CT molecular complexity index is 685. The van der Waals surface area contributed by atoms with E-state index in [-0.39, 0.29) is 12.5 Å². The SMILES string of the molecule is C[C@H]1CCCN(C(=O)c2cccc(OCc3nnnn3C)c2)C1. The summed E-state index contributed by atoms with van der Waals surface area (Å²) in [6.07, 6.45) is 2.26. The van der Waals surface area contributed by atoms with Gasteiger partial charge in [-0.2, -0.15) is 0 Å². The summed E-state index contributed by atoms with van der Waals surface area (Å²) >= 11 is 0. The van der Waals surface area contributed by atoms with Crippen LogP contribution >= 0.6 is 0 Å². The first-order valence-electron chi connectivity index (χ1n) is 7.87. The molecule has 0 bridgehead atoms. The lowest BCUT2D eigenvalue weighted by Crippen LogP contribution is -2.39. The van der Waals surface area contributed by atoms with Crippen molar-refractivity contribution < 1.29 is 9.53 Å². The highest BCUT2D eigenvalue weighted by atomic mass is 16.5. The topological polar surface area (TPSA) is 73.1 Å². The van der Waals surface area contributed by atoms with Crippen LogP contribution in [-0.2, 0) is 13.7 Å². The number of rotatable bonds is 4. The fourth-order valence-electron chi connectivity index (χ4n) is 2.79. The van der Waals surface area contributed by atoms with E-state index in [1.54, 1.807) is 17.8 Å². The van der Waals surface area contributed by atoms with E-state index in [1.165, 1.54) is 6.42 Å². The smallest absolute Gasteiger partial charge is 0.253 e. The van der Waals surface area contributed by atoms with Crippen molar-refractivity contribution >= 4 is 5.91 Å². The summed E-state index contributed by atoms with van der Waals surface area (Å²) in [6.45, 7) is 4.11. The Labute approximate surface area is 135 Å². The normalized spacial score (nSPS) is 18.0. The molecule has 1 atom stereocenters. The number of aromatic nitrogens is 4. The first-order valence-corrected chi connectivity index (χ1v) is 7.87. The summed E-state index contributed by atoms with van der Waals surface area (Å²) in [5.74, 6) is 1.91. The first-order chi connectivity index (χ1) is 11.1. The summed E-state index contributed by atoms with van der Waals surface area (Å²) in [5, 5.41) is 11.2. The molecule has 1 saturated heterocycles. The van der Waals surface area contributed by atoms with Crippen LogP contribution in [0.3, 0.4) is 0 Å². The Morgan fingerprint density at radius 2 is 2.30 bits per heavy atom. The van der Waals surface area contributed by atoms with Crippen LogP contribution in [0.5, 0.6) is 5.75 Å². The highest BCUT2D eigenvalue weighted by Crippen LogP contribution is 2.20. The number of likely N-dealkylation sites (tertiary alicyclic amines) is 1. The first kappa shape index (κ1) is 15.5. The molecule has 1 aliphatic heterocycles. The molecule has 0 N–H and O–H groups in total. The molecular weight excluding hydrogens is 294 g/mol. The zero-order valence-electron chi connectivity index (χ0n) is 13.5. The molecule has 0 radical (unpaired) electrons. The maximum absolute atomic E-state index is 12.6. The van der Waals surface area contributed by atoms with Crippen molar-refractivity contribution in [2.24, 2.45) is 13.0 Å². The molecule has 1 fully saturated rings. The van der Waals surface area contributed by atoms with Crippen LogP contribution in [-0.4, -0.2) is 44.1 Å². The number of tetrazole rings is 1. The molecule has 2 aromatic rings. The second kappa shape index (κ2) is 6.76. The highest BCUT2D eigenvalue weighted by Gasteiger charge is 2.22. The Balaban J connectivity index is 1.67. The Hall–Kier alpha value is -2.44. The van der Waals surface area contributed by atoms with Crippen molar-refractivity contribution in [2.75, 3.05) is 13.1 Å². The van der Waals surface area contributed by atoms with E-state index in [9.17, 15) is 4.79 Å². The minimum atomic E-state index is 0.0716. The van der Waals surface area contributed by atoms with Crippen molar-refractivity contribution in [3.63, 3.8) is 0 Å². The number of piperidine rings is 1. The predicted molar refractivity (Wildman–Crippen MR) is 83.9 cm³/mol. The molecule has 0 saturated carbocycles. The van der Waals surface area contributed by atoms with Gasteiger partial charge in [0, 0.05) is 25.7 Å². The molecule has 0 spiro atoms. The van der Waals surface area contributed by atoms with Gasteiger partial charge in [-0.1, -0.05) is 13.0 Å². The minimum Gasteiger partial charge on any atom is -0.486 e. The fourth-order valence-corrected chi connectivity index (χ4v) is 2.79. The Morgan fingerprint density at radius 3 is 3.04 bits per heavy atom. The van der Waals surface area contributed by atoms with Crippen molar-refractivity contribution in [3.8, 4) is 5.75 Å². The standard InChI is InChI=1S/C16H21N5O2/c1-12-5-4-8-21(10-12)16(22)13-6-3-7-14(9-13)23-11-15-17-18-19-20(15)2/h3,6-7,9,12H,4-5,8,10-11H2,1-2H3/t12-/m0/s1. The lowest BCUT2D eigenvalue weighted by atomic mass is 9.99. The van der Waals surface area contributed by atoms with Gasteiger partial charge >= 0.3 is 0 Å². The van der Waals surface area contributed by atoms with Crippen LogP contribution in [0, 0.1) is 5.92 Å². The maximum Gasteiger partial charge on any atom is 0.253 e. The summed E-state index contributed by atoms with van der Waals surface area (Å²) in [4.78, 5) is 14.5. The molecule has 1 aliphatic rings. The molecule has 0 unspecified atom stereocenters. The molecular formula is C16H21N5O2. The van der Waals surface area contributed by atoms with Gasteiger partial charge in [-0.3, -0.25) is 4.79 Å². The molecule has 23 heavy (non-hydrogen) atoms. The summed E-state index contributed by atoms with van der Waals surface area (Å²) in [5.41, 5.74) is 0.660. The second-order valence-corrected chi connectivity index (χ2v) is 6.03. The van der Waals surface area contributed by atoms with E-state index in [4.69, 9.17) is 4.74 Å². The average molecular weight is 315 g/mol. The van der Waals surface area contributed by atoms with Crippen LogP contribution < -0.4 is 4.74 Å². The van der Waals surface area contributed by atoms with Crippen LogP contribution in [0.25, 0.3) is 0 Å². The van der Waals surface area contributed by atoms with E-state index < -0.39 is 0 Å². The van der Waals surface area contributed by atoms with Gasteiger partial charge in [0.25, 0.3) is 5.91 Å². The van der Waals surface area contributed by atoms with E-state index in [2.05, 4.69) is 22.4 Å². The molecule has 7 nitrogen and oxygen atoms in total. The molecule has 3 rings (SSSR count). The monoisotopic (exact) mass is 315 g/mol. The number of aryl methyl sites for hydroxylation is 1. The molecule has 1 aromatic heterocycles. The van der Waals surface area contributed by atoms with Crippen molar-refractivity contribution in [3.05, 3.63) is 35.7 Å². The molecule has 0 aliphatic carbocycles. The van der Waals surface area contributed by atoms with Crippen molar-refractivity contribution in [2.45, 2.75) is 26.4 Å². The lowest BCUT2D eigenvalue weighted by Gasteiger charge is -2.31. The number of hydrogen-bond donors (Lipinski definition) is 0. The highest BCUT2D eigenvalue weighted by molar-refractivity contribution is 5.94. The van der Waals surface area contributed by atoms with E-state index in [0.29, 0.717) is 23.1 Å². The Kier molecular flexibility index (Phi) is 4.55. The van der Waals surface area contributed by atoms with Gasteiger partial charge in [0.2, 0.25) is 0 Å². The third kappa shape index (κ3) is 3.67. The van der Waals surface area contributed by atoms with Crippen molar-refractivity contribution in [1.82, 2.24) is 25.1 Å².